The first-order valence-corrected chi connectivity index (χ1v) is 4.60. The average Bonchev–Trinajstić information content (AvgIpc) is 2.02. The van der Waals surface area contributed by atoms with Gasteiger partial charge in [-0.15, -0.1) is 0 Å². The molecule has 0 aromatic heterocycles. The topological polar surface area (TPSA) is 37.3 Å². The third-order valence-corrected chi connectivity index (χ3v) is 2.20. The molecule has 1 aromatic carbocycles. The first-order chi connectivity index (χ1) is 6.52. The Kier molecular flexibility index (Phi) is 3.34. The predicted molar refractivity (Wildman–Crippen MR) is 57.0 cm³/mol. The van der Waals surface area contributed by atoms with Crippen LogP contribution in [0.15, 0.2) is 24.3 Å². The molecule has 14 heavy (non-hydrogen) atoms. The highest BCUT2D eigenvalue weighted by molar-refractivity contribution is 6.32. The van der Waals surface area contributed by atoms with Gasteiger partial charge < -0.3 is 5.11 Å². The molecule has 0 spiro atoms. The van der Waals surface area contributed by atoms with Gasteiger partial charge in [-0.1, -0.05) is 43.6 Å². The Hall–Kier alpha value is -1.25. The van der Waals surface area contributed by atoms with Crippen molar-refractivity contribution >= 4 is 19.3 Å². The molecule has 0 aliphatic rings. The number of rotatable bonds is 3. The maximum absolute atomic E-state index is 11.0. The van der Waals surface area contributed by atoms with E-state index in [1.54, 1.807) is 24.3 Å². The van der Waals surface area contributed by atoms with Crippen LogP contribution >= 0.6 is 0 Å². The maximum atomic E-state index is 11.0. The first kappa shape index (κ1) is 10.8. The summed E-state index contributed by atoms with van der Waals surface area (Å²) in [4.78, 5) is 11.0. The second-order valence-corrected chi connectivity index (χ2v) is 3.73. The number of carboxylic acids is 1. The molecule has 1 aromatic rings. The second-order valence-electron chi connectivity index (χ2n) is 3.73. The van der Waals surface area contributed by atoms with Crippen LogP contribution < -0.4 is 5.46 Å². The standard InChI is InChI=1S/C11H13BO2/c1-7(2)10(11(13)14)8-4-3-5-9(12)6-8/h3-7,10H,1-2H3,(H,13,14). The summed E-state index contributed by atoms with van der Waals surface area (Å²) in [6.45, 7) is 3.78. The van der Waals surface area contributed by atoms with E-state index < -0.39 is 11.9 Å². The van der Waals surface area contributed by atoms with Crippen molar-refractivity contribution in [3.8, 4) is 0 Å². The number of aliphatic carboxylic acids is 1. The summed E-state index contributed by atoms with van der Waals surface area (Å²) in [5.41, 5.74) is 1.38. The molecule has 3 heteroatoms. The van der Waals surface area contributed by atoms with Crippen LogP contribution in [-0.4, -0.2) is 18.9 Å². The summed E-state index contributed by atoms with van der Waals surface area (Å²) in [5, 5.41) is 9.05. The maximum Gasteiger partial charge on any atom is 0.311 e. The Morgan fingerprint density at radius 2 is 2.07 bits per heavy atom. The molecule has 0 amide bonds. The highest BCUT2D eigenvalue weighted by atomic mass is 16.4. The van der Waals surface area contributed by atoms with Gasteiger partial charge in [-0.2, -0.15) is 0 Å². The quantitative estimate of drug-likeness (QED) is 0.726. The molecule has 1 unspecified atom stereocenters. The van der Waals surface area contributed by atoms with Crippen molar-refractivity contribution in [1.29, 1.82) is 0 Å². The Morgan fingerprint density at radius 1 is 1.43 bits per heavy atom. The van der Waals surface area contributed by atoms with Gasteiger partial charge in [-0.3, -0.25) is 4.79 Å². The average molecular weight is 188 g/mol. The molecule has 0 saturated heterocycles. The van der Waals surface area contributed by atoms with E-state index in [2.05, 4.69) is 0 Å². The Balaban J connectivity index is 3.05. The lowest BCUT2D eigenvalue weighted by Crippen LogP contribution is -2.19. The minimum absolute atomic E-state index is 0.0642. The molecule has 72 valence electrons. The zero-order chi connectivity index (χ0) is 10.7. The molecule has 1 N–H and O–H groups in total. The molecule has 0 saturated carbocycles. The van der Waals surface area contributed by atoms with Gasteiger partial charge in [0.25, 0.3) is 0 Å². The molecule has 1 atom stereocenters. The first-order valence-electron chi connectivity index (χ1n) is 4.60. The number of hydrogen-bond donors (Lipinski definition) is 1. The lowest BCUT2D eigenvalue weighted by Gasteiger charge is -2.16. The van der Waals surface area contributed by atoms with Gasteiger partial charge >= 0.3 is 5.97 Å². The molecule has 2 nitrogen and oxygen atoms in total. The number of carbonyl (C=O) groups is 1. The zero-order valence-corrected chi connectivity index (χ0v) is 8.40. The third kappa shape index (κ3) is 2.38. The van der Waals surface area contributed by atoms with Gasteiger partial charge in [0.2, 0.25) is 0 Å². The van der Waals surface area contributed by atoms with Gasteiger partial charge in [0.1, 0.15) is 7.85 Å². The van der Waals surface area contributed by atoms with Crippen molar-refractivity contribution in [3.05, 3.63) is 29.8 Å². The summed E-state index contributed by atoms with van der Waals surface area (Å²) < 4.78 is 0. The van der Waals surface area contributed by atoms with Crippen molar-refractivity contribution < 1.29 is 9.90 Å². The van der Waals surface area contributed by atoms with Crippen LogP contribution in [0.2, 0.25) is 0 Å². The van der Waals surface area contributed by atoms with Gasteiger partial charge in [0.15, 0.2) is 0 Å². The van der Waals surface area contributed by atoms with Crippen LogP contribution in [0.5, 0.6) is 0 Å². The van der Waals surface area contributed by atoms with Crippen molar-refractivity contribution in [2.75, 3.05) is 0 Å². The predicted octanol–water partition coefficient (Wildman–Crippen LogP) is 1.30. The van der Waals surface area contributed by atoms with Crippen molar-refractivity contribution in [2.45, 2.75) is 19.8 Å². The molecule has 0 bridgehead atoms. The van der Waals surface area contributed by atoms with E-state index in [4.69, 9.17) is 13.0 Å². The van der Waals surface area contributed by atoms with Crippen molar-refractivity contribution in [1.82, 2.24) is 0 Å². The zero-order valence-electron chi connectivity index (χ0n) is 8.40. The van der Waals surface area contributed by atoms with E-state index in [0.717, 1.165) is 5.56 Å². The smallest absolute Gasteiger partial charge is 0.311 e. The number of carboxylic acid groups (broad SMARTS) is 1. The molecular formula is C11H13BO2. The van der Waals surface area contributed by atoms with Gasteiger partial charge in [0, 0.05) is 0 Å². The van der Waals surface area contributed by atoms with Crippen LogP contribution in [0.1, 0.15) is 25.3 Å². The Bertz CT molecular complexity index is 334. The van der Waals surface area contributed by atoms with Gasteiger partial charge in [0.05, 0.1) is 5.92 Å². The van der Waals surface area contributed by atoms with E-state index in [0.29, 0.717) is 5.46 Å². The highest BCUT2D eigenvalue weighted by Gasteiger charge is 2.23. The molecule has 0 fully saturated rings. The van der Waals surface area contributed by atoms with Crippen LogP contribution in [0.4, 0.5) is 0 Å². The van der Waals surface area contributed by atoms with Crippen LogP contribution in [-0.2, 0) is 4.79 Å². The summed E-state index contributed by atoms with van der Waals surface area (Å²) in [5.74, 6) is -1.21. The summed E-state index contributed by atoms with van der Waals surface area (Å²) in [6, 6.07) is 7.06. The number of benzene rings is 1. The molecule has 1 rings (SSSR count). The summed E-state index contributed by atoms with van der Waals surface area (Å²) in [6.07, 6.45) is 0. The SMILES string of the molecule is [B]c1cccc(C(C(=O)O)C(C)C)c1. The van der Waals surface area contributed by atoms with Crippen molar-refractivity contribution in [3.63, 3.8) is 0 Å². The van der Waals surface area contributed by atoms with Crippen molar-refractivity contribution in [2.24, 2.45) is 5.92 Å². The molecular weight excluding hydrogens is 175 g/mol. The monoisotopic (exact) mass is 188 g/mol. The summed E-state index contributed by atoms with van der Waals surface area (Å²) >= 11 is 0. The highest BCUT2D eigenvalue weighted by Crippen LogP contribution is 2.23. The van der Waals surface area contributed by atoms with E-state index >= 15 is 0 Å². The van der Waals surface area contributed by atoms with Gasteiger partial charge in [-0.25, -0.2) is 0 Å². The van der Waals surface area contributed by atoms with Crippen LogP contribution in [0.3, 0.4) is 0 Å². The Labute approximate surface area is 85.4 Å². The molecule has 0 aliphatic carbocycles. The van der Waals surface area contributed by atoms with Gasteiger partial charge in [-0.05, 0) is 11.5 Å². The summed E-state index contributed by atoms with van der Waals surface area (Å²) in [7, 11) is 5.60. The van der Waals surface area contributed by atoms with E-state index in [1.165, 1.54) is 0 Å². The fraction of sp³-hybridized carbons (Fsp3) is 0.364. The largest absolute Gasteiger partial charge is 0.481 e. The molecule has 0 aliphatic heterocycles. The lowest BCUT2D eigenvalue weighted by molar-refractivity contribution is -0.139. The molecule has 0 heterocycles. The Morgan fingerprint density at radius 3 is 2.50 bits per heavy atom. The van der Waals surface area contributed by atoms with E-state index in [9.17, 15) is 4.79 Å². The van der Waals surface area contributed by atoms with E-state index in [1.807, 2.05) is 13.8 Å². The normalized spacial score (nSPS) is 12.8. The van der Waals surface area contributed by atoms with Crippen LogP contribution in [0.25, 0.3) is 0 Å². The van der Waals surface area contributed by atoms with E-state index in [-0.39, 0.29) is 5.92 Å². The fourth-order valence-electron chi connectivity index (χ4n) is 1.57. The van der Waals surface area contributed by atoms with Crippen LogP contribution in [0, 0.1) is 5.92 Å². The fourth-order valence-corrected chi connectivity index (χ4v) is 1.57. The minimum atomic E-state index is -0.800. The second kappa shape index (κ2) is 4.31. The lowest BCUT2D eigenvalue weighted by atomic mass is 9.85. The minimum Gasteiger partial charge on any atom is -0.481 e. The number of hydrogen-bond acceptors (Lipinski definition) is 1. The molecule has 2 radical (unpaired) electrons. The third-order valence-electron chi connectivity index (χ3n) is 2.20.